The van der Waals surface area contributed by atoms with Crippen LogP contribution in [0.2, 0.25) is 0 Å². The molecule has 0 saturated carbocycles. The maximum Gasteiger partial charge on any atom is -0.0317 e. The van der Waals surface area contributed by atoms with E-state index in [4.69, 9.17) is 0 Å². The van der Waals surface area contributed by atoms with Crippen LogP contribution in [0.3, 0.4) is 0 Å². The minimum atomic E-state index is 1.14. The van der Waals surface area contributed by atoms with Crippen molar-refractivity contribution in [2.75, 3.05) is 0 Å². The van der Waals surface area contributed by atoms with Crippen molar-refractivity contribution in [3.8, 4) is 0 Å². The van der Waals surface area contributed by atoms with Gasteiger partial charge in [0.15, 0.2) is 0 Å². The third-order valence-corrected chi connectivity index (χ3v) is 1.58. The van der Waals surface area contributed by atoms with Crippen molar-refractivity contribution in [2.24, 2.45) is 0 Å². The molecule has 0 heteroatoms. The highest BCUT2D eigenvalue weighted by molar-refractivity contribution is 5.07. The van der Waals surface area contributed by atoms with Crippen LogP contribution in [0.4, 0.5) is 0 Å². The van der Waals surface area contributed by atoms with Crippen LogP contribution in [0.15, 0.2) is 36.5 Å². The largest absolute Gasteiger partial charge is 0.100 e. The molecule has 0 aromatic carbocycles. The topological polar surface area (TPSA) is 0 Å². The van der Waals surface area contributed by atoms with Gasteiger partial charge in [0.05, 0.1) is 0 Å². The highest BCUT2D eigenvalue weighted by Crippen LogP contribution is 2.09. The molecule has 11 heavy (non-hydrogen) atoms. The third kappa shape index (κ3) is 7.11. The number of hydrogen-bond acceptors (Lipinski definition) is 0. The standard InChI is InChI=1S/C11H18/c1-5-7-11(4)9-6-8-10(2)3/h5,7H,1-2,6,8-9H2,3-4H3/b11-7+. The first-order valence-corrected chi connectivity index (χ1v) is 4.09. The molecule has 0 fully saturated rings. The fraction of sp³-hybridized carbons (Fsp3) is 0.455. The molecule has 0 spiro atoms. The zero-order chi connectivity index (χ0) is 8.69. The monoisotopic (exact) mass is 150 g/mol. The molecular weight excluding hydrogens is 132 g/mol. The van der Waals surface area contributed by atoms with E-state index < -0.39 is 0 Å². The van der Waals surface area contributed by atoms with Crippen molar-refractivity contribution in [1.82, 2.24) is 0 Å². The van der Waals surface area contributed by atoms with E-state index in [1.165, 1.54) is 24.0 Å². The fourth-order valence-corrected chi connectivity index (χ4v) is 0.954. The molecule has 0 unspecified atom stereocenters. The Hall–Kier alpha value is -0.780. The molecule has 0 saturated heterocycles. The Morgan fingerprint density at radius 3 is 2.36 bits per heavy atom. The van der Waals surface area contributed by atoms with Crippen LogP contribution in [0, 0.1) is 0 Å². The predicted molar refractivity (Wildman–Crippen MR) is 52.6 cm³/mol. The molecule has 0 aromatic heterocycles. The summed E-state index contributed by atoms with van der Waals surface area (Å²) in [7, 11) is 0. The van der Waals surface area contributed by atoms with Crippen molar-refractivity contribution in [2.45, 2.75) is 33.1 Å². The Morgan fingerprint density at radius 1 is 1.27 bits per heavy atom. The van der Waals surface area contributed by atoms with Crippen LogP contribution < -0.4 is 0 Å². The SMILES string of the molecule is C=C/C=C(\C)CCCC(=C)C. The van der Waals surface area contributed by atoms with Gasteiger partial charge >= 0.3 is 0 Å². The van der Waals surface area contributed by atoms with Crippen LogP contribution in [0.5, 0.6) is 0 Å². The molecule has 0 N–H and O–H groups in total. The van der Waals surface area contributed by atoms with Crippen LogP contribution >= 0.6 is 0 Å². The van der Waals surface area contributed by atoms with E-state index in [1.807, 2.05) is 6.08 Å². The summed E-state index contributed by atoms with van der Waals surface area (Å²) in [5.41, 5.74) is 2.68. The summed E-state index contributed by atoms with van der Waals surface area (Å²) in [5.74, 6) is 0. The summed E-state index contributed by atoms with van der Waals surface area (Å²) in [6.45, 7) is 11.7. The number of hydrogen-bond donors (Lipinski definition) is 0. The molecule has 62 valence electrons. The summed E-state index contributed by atoms with van der Waals surface area (Å²) in [5, 5.41) is 0. The van der Waals surface area contributed by atoms with Crippen LogP contribution in [0.25, 0.3) is 0 Å². The third-order valence-electron chi connectivity index (χ3n) is 1.58. The molecule has 0 aliphatic heterocycles. The molecular formula is C11H18. The molecule has 0 bridgehead atoms. The molecule has 0 atom stereocenters. The molecule has 0 aromatic rings. The number of allylic oxidation sites excluding steroid dienone is 4. The molecule has 0 nitrogen and oxygen atoms in total. The Kier molecular flexibility index (Phi) is 5.54. The van der Waals surface area contributed by atoms with Gasteiger partial charge in [0.1, 0.15) is 0 Å². The zero-order valence-electron chi connectivity index (χ0n) is 7.69. The minimum absolute atomic E-state index is 1.14. The highest BCUT2D eigenvalue weighted by Gasteiger charge is 1.89. The lowest BCUT2D eigenvalue weighted by molar-refractivity contribution is 0.805. The van der Waals surface area contributed by atoms with Gasteiger partial charge in [-0.15, -0.1) is 6.58 Å². The predicted octanol–water partition coefficient (Wildman–Crippen LogP) is 3.87. The average Bonchev–Trinajstić information content (AvgIpc) is 1.87. The van der Waals surface area contributed by atoms with Gasteiger partial charge in [-0.2, -0.15) is 0 Å². The second-order valence-corrected chi connectivity index (χ2v) is 3.06. The highest BCUT2D eigenvalue weighted by atomic mass is 14.0. The lowest BCUT2D eigenvalue weighted by Gasteiger charge is -1.99. The van der Waals surface area contributed by atoms with E-state index in [2.05, 4.69) is 33.1 Å². The van der Waals surface area contributed by atoms with Gasteiger partial charge in [-0.3, -0.25) is 0 Å². The molecule has 0 heterocycles. The maximum atomic E-state index is 3.86. The Balaban J connectivity index is 3.46. The molecule has 0 aliphatic rings. The first kappa shape index (κ1) is 10.2. The number of rotatable bonds is 5. The van der Waals surface area contributed by atoms with Gasteiger partial charge in [-0.05, 0) is 33.1 Å². The molecule has 0 aliphatic carbocycles. The van der Waals surface area contributed by atoms with Gasteiger partial charge in [-0.25, -0.2) is 0 Å². The lowest BCUT2D eigenvalue weighted by atomic mass is 10.1. The second kappa shape index (κ2) is 5.96. The summed E-state index contributed by atoms with van der Waals surface area (Å²) in [6, 6.07) is 0. The van der Waals surface area contributed by atoms with E-state index in [-0.39, 0.29) is 0 Å². The van der Waals surface area contributed by atoms with Crippen molar-refractivity contribution < 1.29 is 0 Å². The van der Waals surface area contributed by atoms with Crippen LogP contribution in [-0.2, 0) is 0 Å². The van der Waals surface area contributed by atoms with E-state index in [0.717, 1.165) is 6.42 Å². The van der Waals surface area contributed by atoms with E-state index in [0.29, 0.717) is 0 Å². The first-order chi connectivity index (χ1) is 5.16. The van der Waals surface area contributed by atoms with Gasteiger partial charge < -0.3 is 0 Å². The zero-order valence-corrected chi connectivity index (χ0v) is 7.69. The fourth-order valence-electron chi connectivity index (χ4n) is 0.954. The smallest absolute Gasteiger partial charge is 0.0317 e. The average molecular weight is 150 g/mol. The van der Waals surface area contributed by atoms with Gasteiger partial charge in [0.25, 0.3) is 0 Å². The molecule has 0 radical (unpaired) electrons. The van der Waals surface area contributed by atoms with Crippen molar-refractivity contribution >= 4 is 0 Å². The summed E-state index contributed by atoms with van der Waals surface area (Å²) in [4.78, 5) is 0. The van der Waals surface area contributed by atoms with E-state index in [1.54, 1.807) is 0 Å². The lowest BCUT2D eigenvalue weighted by Crippen LogP contribution is -1.79. The van der Waals surface area contributed by atoms with Gasteiger partial charge in [0, 0.05) is 0 Å². The summed E-state index contributed by atoms with van der Waals surface area (Å²) < 4.78 is 0. The van der Waals surface area contributed by atoms with Crippen LogP contribution in [-0.4, -0.2) is 0 Å². The van der Waals surface area contributed by atoms with E-state index in [9.17, 15) is 0 Å². The van der Waals surface area contributed by atoms with Crippen LogP contribution in [0.1, 0.15) is 33.1 Å². The summed E-state index contributed by atoms with van der Waals surface area (Å²) >= 11 is 0. The van der Waals surface area contributed by atoms with Crippen molar-refractivity contribution in [3.63, 3.8) is 0 Å². The minimum Gasteiger partial charge on any atom is -0.100 e. The second-order valence-electron chi connectivity index (χ2n) is 3.06. The Bertz CT molecular complexity index is 161. The molecule has 0 rings (SSSR count). The van der Waals surface area contributed by atoms with Gasteiger partial charge in [0.2, 0.25) is 0 Å². The molecule has 0 amide bonds. The van der Waals surface area contributed by atoms with Gasteiger partial charge in [-0.1, -0.05) is 29.9 Å². The normalized spacial score (nSPS) is 11.3. The summed E-state index contributed by atoms with van der Waals surface area (Å²) in [6.07, 6.45) is 7.43. The van der Waals surface area contributed by atoms with E-state index >= 15 is 0 Å². The first-order valence-electron chi connectivity index (χ1n) is 4.09. The Labute approximate surface area is 70.3 Å². The van der Waals surface area contributed by atoms with Crippen molar-refractivity contribution in [3.05, 3.63) is 36.5 Å². The quantitative estimate of drug-likeness (QED) is 0.412. The van der Waals surface area contributed by atoms with Crippen molar-refractivity contribution in [1.29, 1.82) is 0 Å². The maximum absolute atomic E-state index is 3.86. The Morgan fingerprint density at radius 2 is 1.91 bits per heavy atom.